The number of nitrogens with one attached hydrogen (secondary N) is 1. The van der Waals surface area contributed by atoms with Crippen molar-refractivity contribution in [3.05, 3.63) is 17.5 Å². The zero-order valence-corrected chi connectivity index (χ0v) is 13.5. The van der Waals surface area contributed by atoms with Crippen LogP contribution in [0.15, 0.2) is 6.07 Å². The van der Waals surface area contributed by atoms with Crippen LogP contribution < -0.4 is 5.32 Å². The number of carbonyl (C=O) groups excluding carboxylic acids is 1. The quantitative estimate of drug-likeness (QED) is 0.838. The van der Waals surface area contributed by atoms with Crippen LogP contribution in [0.4, 0.5) is 0 Å². The smallest absolute Gasteiger partial charge is 0.238 e. The molecule has 0 fully saturated rings. The van der Waals surface area contributed by atoms with E-state index >= 15 is 0 Å². The Hall–Kier alpha value is -1.37. The molecule has 0 unspecified atom stereocenters. The van der Waals surface area contributed by atoms with E-state index in [1.54, 1.807) is 0 Å². The molecular weight excluding hydrogens is 278 g/mol. The topological polar surface area (TPSA) is 81.1 Å². The minimum absolute atomic E-state index is 0.170. The Kier molecular flexibility index (Phi) is 5.33. The Labute approximate surface area is 120 Å². The molecule has 0 radical (unpaired) electrons. The Morgan fingerprint density at radius 2 is 2.00 bits per heavy atom. The number of sulfone groups is 1. The first kappa shape index (κ1) is 16.7. The van der Waals surface area contributed by atoms with Gasteiger partial charge < -0.3 is 5.32 Å². The molecule has 7 heteroatoms. The van der Waals surface area contributed by atoms with Crippen LogP contribution in [-0.2, 0) is 21.2 Å². The zero-order valence-electron chi connectivity index (χ0n) is 12.7. The van der Waals surface area contributed by atoms with Crippen molar-refractivity contribution < 1.29 is 13.2 Å². The van der Waals surface area contributed by atoms with Crippen molar-refractivity contribution in [2.75, 3.05) is 12.8 Å². The molecule has 1 N–H and O–H groups in total. The van der Waals surface area contributed by atoms with E-state index in [1.165, 1.54) is 6.92 Å². The third-order valence-corrected chi connectivity index (χ3v) is 4.72. The number of carbonyl (C=O) groups is 1. The van der Waals surface area contributed by atoms with E-state index in [-0.39, 0.29) is 5.92 Å². The van der Waals surface area contributed by atoms with Crippen molar-refractivity contribution in [3.63, 3.8) is 0 Å². The minimum Gasteiger partial charge on any atom is -0.355 e. The lowest BCUT2D eigenvalue weighted by molar-refractivity contribution is -0.120. The minimum atomic E-state index is -3.34. The van der Waals surface area contributed by atoms with E-state index in [0.29, 0.717) is 13.1 Å². The van der Waals surface area contributed by atoms with E-state index < -0.39 is 21.0 Å². The molecule has 0 aromatic carbocycles. The van der Waals surface area contributed by atoms with Gasteiger partial charge in [-0.1, -0.05) is 6.92 Å². The van der Waals surface area contributed by atoms with E-state index in [9.17, 15) is 13.2 Å². The SMILES string of the molecule is Cc1cc(C)n(C[C@@H](C)CNC(=O)[C@H](C)S(C)(=O)=O)n1. The molecule has 0 aliphatic carbocycles. The summed E-state index contributed by atoms with van der Waals surface area (Å²) in [4.78, 5) is 11.7. The van der Waals surface area contributed by atoms with Gasteiger partial charge in [0, 0.05) is 25.0 Å². The summed E-state index contributed by atoms with van der Waals surface area (Å²) in [6.45, 7) is 8.42. The molecule has 0 aliphatic rings. The summed E-state index contributed by atoms with van der Waals surface area (Å²) in [7, 11) is -3.34. The maximum absolute atomic E-state index is 11.7. The summed E-state index contributed by atoms with van der Waals surface area (Å²) < 4.78 is 24.5. The van der Waals surface area contributed by atoms with Crippen LogP contribution in [0.25, 0.3) is 0 Å². The van der Waals surface area contributed by atoms with Gasteiger partial charge in [0.05, 0.1) is 5.69 Å². The molecule has 0 saturated heterocycles. The number of hydrogen-bond acceptors (Lipinski definition) is 4. The highest BCUT2D eigenvalue weighted by Crippen LogP contribution is 2.06. The number of aromatic nitrogens is 2. The van der Waals surface area contributed by atoms with E-state index in [2.05, 4.69) is 10.4 Å². The third kappa shape index (κ3) is 4.63. The molecule has 114 valence electrons. The molecular formula is C13H23N3O3S. The summed E-state index contributed by atoms with van der Waals surface area (Å²) in [5.74, 6) is -0.281. The molecule has 0 aliphatic heterocycles. The molecule has 1 heterocycles. The van der Waals surface area contributed by atoms with Gasteiger partial charge >= 0.3 is 0 Å². The summed E-state index contributed by atoms with van der Waals surface area (Å²) in [6.07, 6.45) is 1.07. The molecule has 20 heavy (non-hydrogen) atoms. The Bertz CT molecular complexity index is 578. The normalized spacial score (nSPS) is 14.8. The highest BCUT2D eigenvalue weighted by atomic mass is 32.2. The molecule has 0 spiro atoms. The van der Waals surface area contributed by atoms with Gasteiger partial charge in [-0.2, -0.15) is 5.10 Å². The molecule has 6 nitrogen and oxygen atoms in total. The van der Waals surface area contributed by atoms with Gasteiger partial charge in [0.2, 0.25) is 5.91 Å². The van der Waals surface area contributed by atoms with Crippen LogP contribution in [0.5, 0.6) is 0 Å². The van der Waals surface area contributed by atoms with Crippen molar-refractivity contribution in [1.29, 1.82) is 0 Å². The monoisotopic (exact) mass is 301 g/mol. The maximum Gasteiger partial charge on any atom is 0.238 e. The molecule has 1 amide bonds. The fourth-order valence-electron chi connectivity index (χ4n) is 1.83. The lowest BCUT2D eigenvalue weighted by Crippen LogP contribution is -2.40. The van der Waals surface area contributed by atoms with Crippen molar-refractivity contribution in [2.24, 2.45) is 5.92 Å². The van der Waals surface area contributed by atoms with Gasteiger partial charge in [-0.3, -0.25) is 9.48 Å². The van der Waals surface area contributed by atoms with Crippen LogP contribution in [0.3, 0.4) is 0 Å². The first-order valence-electron chi connectivity index (χ1n) is 6.59. The largest absolute Gasteiger partial charge is 0.355 e. The number of amides is 1. The van der Waals surface area contributed by atoms with Gasteiger partial charge in [0.1, 0.15) is 5.25 Å². The molecule has 1 aromatic heterocycles. The van der Waals surface area contributed by atoms with Gasteiger partial charge in [0.15, 0.2) is 9.84 Å². The average molecular weight is 301 g/mol. The number of rotatable bonds is 6. The Morgan fingerprint density at radius 1 is 1.40 bits per heavy atom. The summed E-state index contributed by atoms with van der Waals surface area (Å²) in [5.41, 5.74) is 2.04. The van der Waals surface area contributed by atoms with Gasteiger partial charge in [-0.15, -0.1) is 0 Å². The summed E-state index contributed by atoms with van der Waals surface area (Å²) in [5, 5.41) is 6.03. The second kappa shape index (κ2) is 6.39. The van der Waals surface area contributed by atoms with Crippen LogP contribution in [-0.4, -0.2) is 42.2 Å². The molecule has 0 bridgehead atoms. The number of aryl methyl sites for hydroxylation is 2. The lowest BCUT2D eigenvalue weighted by atomic mass is 10.2. The van der Waals surface area contributed by atoms with E-state index in [4.69, 9.17) is 0 Å². The van der Waals surface area contributed by atoms with Crippen LogP contribution in [0.2, 0.25) is 0 Å². The zero-order chi connectivity index (χ0) is 15.5. The molecule has 0 saturated carbocycles. The molecule has 1 aromatic rings. The van der Waals surface area contributed by atoms with Crippen molar-refractivity contribution in [3.8, 4) is 0 Å². The predicted octanol–water partition coefficient (Wildman–Crippen LogP) is 0.685. The fourth-order valence-corrected chi connectivity index (χ4v) is 2.30. The third-order valence-electron chi connectivity index (χ3n) is 3.22. The van der Waals surface area contributed by atoms with Gasteiger partial charge in [-0.05, 0) is 32.8 Å². The predicted molar refractivity (Wildman–Crippen MR) is 78.2 cm³/mol. The fraction of sp³-hybridized carbons (Fsp3) is 0.692. The molecule has 1 rings (SSSR count). The Morgan fingerprint density at radius 3 is 2.45 bits per heavy atom. The van der Waals surface area contributed by atoms with Gasteiger partial charge in [-0.25, -0.2) is 8.42 Å². The van der Waals surface area contributed by atoms with Crippen LogP contribution in [0.1, 0.15) is 25.2 Å². The average Bonchev–Trinajstić information content (AvgIpc) is 2.62. The van der Waals surface area contributed by atoms with Gasteiger partial charge in [0.25, 0.3) is 0 Å². The standard InChI is InChI=1S/C13H23N3O3S/c1-9(8-16-11(3)6-10(2)15-16)7-14-13(17)12(4)20(5,18)19/h6,9,12H,7-8H2,1-5H3,(H,14,17)/t9-,12-/m0/s1. The highest BCUT2D eigenvalue weighted by molar-refractivity contribution is 7.92. The second-order valence-electron chi connectivity index (χ2n) is 5.43. The maximum atomic E-state index is 11.7. The second-order valence-corrected chi connectivity index (χ2v) is 7.80. The lowest BCUT2D eigenvalue weighted by Gasteiger charge is -2.16. The highest BCUT2D eigenvalue weighted by Gasteiger charge is 2.23. The summed E-state index contributed by atoms with van der Waals surface area (Å²) in [6, 6.07) is 2.00. The first-order valence-corrected chi connectivity index (χ1v) is 8.54. The number of nitrogens with zero attached hydrogens (tertiary/aromatic N) is 2. The van der Waals surface area contributed by atoms with Crippen molar-refractivity contribution >= 4 is 15.7 Å². The van der Waals surface area contributed by atoms with Crippen LogP contribution in [0, 0.1) is 19.8 Å². The molecule has 2 atom stereocenters. The first-order chi connectivity index (χ1) is 9.11. The Balaban J connectivity index is 2.50. The van der Waals surface area contributed by atoms with Crippen LogP contribution >= 0.6 is 0 Å². The van der Waals surface area contributed by atoms with E-state index in [1.807, 2.05) is 31.5 Å². The van der Waals surface area contributed by atoms with Crippen molar-refractivity contribution in [2.45, 2.75) is 39.5 Å². The van der Waals surface area contributed by atoms with E-state index in [0.717, 1.165) is 17.6 Å². The number of hydrogen-bond donors (Lipinski definition) is 1. The summed E-state index contributed by atoms with van der Waals surface area (Å²) >= 11 is 0. The van der Waals surface area contributed by atoms with Crippen molar-refractivity contribution in [1.82, 2.24) is 15.1 Å².